The predicted molar refractivity (Wildman–Crippen MR) is 104 cm³/mol. The van der Waals surface area contributed by atoms with Gasteiger partial charge in [-0.1, -0.05) is 55.2 Å². The molecule has 2 heterocycles. The van der Waals surface area contributed by atoms with E-state index in [4.69, 9.17) is 0 Å². The van der Waals surface area contributed by atoms with Crippen LogP contribution in [-0.2, 0) is 0 Å². The van der Waals surface area contributed by atoms with E-state index in [1.165, 1.54) is 44.8 Å². The van der Waals surface area contributed by atoms with Crippen LogP contribution in [0.25, 0.3) is 12.2 Å². The molecule has 0 spiro atoms. The minimum atomic E-state index is 0.854. The summed E-state index contributed by atoms with van der Waals surface area (Å²) < 4.78 is 0. The summed E-state index contributed by atoms with van der Waals surface area (Å²) in [6.45, 7) is 10.2. The summed E-state index contributed by atoms with van der Waals surface area (Å²) in [7, 11) is 0. The van der Waals surface area contributed by atoms with Gasteiger partial charge in [0.1, 0.15) is 0 Å². The summed E-state index contributed by atoms with van der Waals surface area (Å²) in [4.78, 5) is 8.74. The normalized spacial score (nSPS) is 25.8. The lowest BCUT2D eigenvalue weighted by Gasteiger charge is -2.11. The van der Waals surface area contributed by atoms with Gasteiger partial charge in [0.15, 0.2) is 0 Å². The highest BCUT2D eigenvalue weighted by Crippen LogP contribution is 2.27. The van der Waals surface area contributed by atoms with Gasteiger partial charge in [-0.15, -0.1) is 0 Å². The standard InChI is InChI=1S/C22H20N2/c1-14-4-9-18(21-12-23-21)15(2)6-7-17-8-11-20(22-13-24-22)19(10-5-14)16(17)3/h4-11H,1,12-13H2,2-3H3/b7-6-,9-4-,10-5-,18-15-. The maximum atomic E-state index is 4.38. The third-order valence-corrected chi connectivity index (χ3v) is 4.68. The fourth-order valence-electron chi connectivity index (χ4n) is 3.01. The first kappa shape index (κ1) is 14.8. The predicted octanol–water partition coefficient (Wildman–Crippen LogP) is 4.72. The molecule has 0 saturated carbocycles. The van der Waals surface area contributed by atoms with Crippen LogP contribution in [0.3, 0.4) is 0 Å². The van der Waals surface area contributed by atoms with Crippen LogP contribution < -0.4 is 0 Å². The van der Waals surface area contributed by atoms with Crippen LogP contribution in [0.1, 0.15) is 29.2 Å². The van der Waals surface area contributed by atoms with E-state index in [2.05, 4.69) is 79.0 Å². The van der Waals surface area contributed by atoms with Crippen LogP contribution in [-0.4, -0.2) is 24.5 Å². The number of benzene rings is 1. The van der Waals surface area contributed by atoms with Crippen molar-refractivity contribution in [2.75, 3.05) is 13.1 Å². The summed E-state index contributed by atoms with van der Waals surface area (Å²) in [6.07, 6.45) is 12.8. The first-order chi connectivity index (χ1) is 11.6. The molecule has 1 aromatic carbocycles. The summed E-state index contributed by atoms with van der Waals surface area (Å²) in [5.41, 5.74) is 10.8. The highest BCUT2D eigenvalue weighted by Gasteiger charge is 2.18. The molecule has 4 rings (SSSR count). The summed E-state index contributed by atoms with van der Waals surface area (Å²) in [6, 6.07) is 4.38. The highest BCUT2D eigenvalue weighted by atomic mass is 14.9. The number of aliphatic imine (C=N–C) groups is 2. The number of hydrogen-bond acceptors (Lipinski definition) is 2. The molecule has 0 atom stereocenters. The minimum absolute atomic E-state index is 0.854. The van der Waals surface area contributed by atoms with Crippen molar-refractivity contribution in [1.82, 2.24) is 0 Å². The van der Waals surface area contributed by atoms with Gasteiger partial charge in [-0.2, -0.15) is 0 Å². The first-order valence-corrected chi connectivity index (χ1v) is 8.28. The molecule has 0 amide bonds. The van der Waals surface area contributed by atoms with Gasteiger partial charge in [0.2, 0.25) is 0 Å². The number of nitrogens with zero attached hydrogens (tertiary/aromatic N) is 2. The van der Waals surface area contributed by atoms with Gasteiger partial charge in [0.25, 0.3) is 0 Å². The zero-order valence-corrected chi connectivity index (χ0v) is 14.1. The van der Waals surface area contributed by atoms with Crippen LogP contribution in [0.4, 0.5) is 0 Å². The van der Waals surface area contributed by atoms with Crippen LogP contribution in [0.15, 0.2) is 69.7 Å². The number of allylic oxidation sites excluding steroid dienone is 6. The summed E-state index contributed by atoms with van der Waals surface area (Å²) in [5.74, 6) is 0. The van der Waals surface area contributed by atoms with Crippen molar-refractivity contribution >= 4 is 23.6 Å². The van der Waals surface area contributed by atoms with Crippen molar-refractivity contribution < 1.29 is 0 Å². The van der Waals surface area contributed by atoms with Gasteiger partial charge in [-0.3, -0.25) is 9.98 Å². The van der Waals surface area contributed by atoms with Gasteiger partial charge in [0.05, 0.1) is 24.5 Å². The lowest BCUT2D eigenvalue weighted by Crippen LogP contribution is -1.98. The molecule has 0 fully saturated rings. The van der Waals surface area contributed by atoms with Crippen LogP contribution in [0.5, 0.6) is 0 Å². The molecule has 1 aromatic rings. The lowest BCUT2D eigenvalue weighted by atomic mass is 9.93. The fraction of sp³-hybridized carbons (Fsp3) is 0.182. The maximum Gasteiger partial charge on any atom is 0.0818 e. The van der Waals surface area contributed by atoms with E-state index < -0.39 is 0 Å². The molecule has 3 aliphatic rings. The second-order valence-electron chi connectivity index (χ2n) is 6.44. The average Bonchev–Trinajstić information content (AvgIpc) is 3.44. The van der Waals surface area contributed by atoms with Crippen LogP contribution in [0, 0.1) is 6.92 Å². The van der Waals surface area contributed by atoms with Crippen molar-refractivity contribution in [2.45, 2.75) is 13.8 Å². The molecule has 0 unspecified atom stereocenters. The molecule has 2 aliphatic heterocycles. The maximum absolute atomic E-state index is 4.38. The molecule has 1 aliphatic carbocycles. The SMILES string of the molecule is C=C1\C=C/C(C2=NC2)=C(C)/C=C\c2ccc(C3=NC3)c(c2C)/C=C\1. The Morgan fingerprint density at radius 1 is 0.833 bits per heavy atom. The van der Waals surface area contributed by atoms with E-state index in [9.17, 15) is 0 Å². The topological polar surface area (TPSA) is 24.7 Å². The fourth-order valence-corrected chi connectivity index (χ4v) is 3.01. The summed E-state index contributed by atoms with van der Waals surface area (Å²) >= 11 is 0. The van der Waals surface area contributed by atoms with Gasteiger partial charge in [-0.05, 0) is 41.7 Å². The number of rotatable bonds is 2. The zero-order valence-electron chi connectivity index (χ0n) is 14.1. The van der Waals surface area contributed by atoms with Gasteiger partial charge in [0, 0.05) is 11.1 Å². The van der Waals surface area contributed by atoms with Gasteiger partial charge < -0.3 is 0 Å². The summed E-state index contributed by atoms with van der Waals surface area (Å²) in [5, 5.41) is 0. The molecule has 118 valence electrons. The Bertz CT molecular complexity index is 931. The van der Waals surface area contributed by atoms with Crippen molar-refractivity contribution in [3.05, 3.63) is 82.0 Å². The van der Waals surface area contributed by atoms with Crippen molar-refractivity contribution in [3.8, 4) is 0 Å². The number of fused-ring (bicyclic) bond motifs is 2. The Balaban J connectivity index is 1.87. The molecule has 0 saturated heterocycles. The Morgan fingerprint density at radius 2 is 1.54 bits per heavy atom. The van der Waals surface area contributed by atoms with E-state index in [0.717, 1.165) is 18.7 Å². The Labute approximate surface area is 143 Å². The van der Waals surface area contributed by atoms with Crippen molar-refractivity contribution in [2.24, 2.45) is 9.98 Å². The molecule has 24 heavy (non-hydrogen) atoms. The van der Waals surface area contributed by atoms with E-state index >= 15 is 0 Å². The lowest BCUT2D eigenvalue weighted by molar-refractivity contribution is 1.40. The first-order valence-electron chi connectivity index (χ1n) is 8.28. The van der Waals surface area contributed by atoms with Crippen molar-refractivity contribution in [1.29, 1.82) is 0 Å². The molecule has 2 nitrogen and oxygen atoms in total. The number of hydrogen-bond donors (Lipinski definition) is 0. The third-order valence-electron chi connectivity index (χ3n) is 4.68. The second kappa shape index (κ2) is 5.72. The quantitative estimate of drug-likeness (QED) is 0.755. The minimum Gasteiger partial charge on any atom is -0.281 e. The molecule has 0 aromatic heterocycles. The molecule has 0 N–H and O–H groups in total. The molecule has 2 bridgehead atoms. The molecular formula is C22H20N2. The van der Waals surface area contributed by atoms with Gasteiger partial charge in [-0.25, -0.2) is 0 Å². The molecular weight excluding hydrogens is 292 g/mol. The second-order valence-corrected chi connectivity index (χ2v) is 6.44. The van der Waals surface area contributed by atoms with Crippen LogP contribution >= 0.6 is 0 Å². The largest absolute Gasteiger partial charge is 0.281 e. The Hall–Kier alpha value is -2.74. The van der Waals surface area contributed by atoms with Crippen LogP contribution in [0.2, 0.25) is 0 Å². The Kier molecular flexibility index (Phi) is 3.53. The van der Waals surface area contributed by atoms with Gasteiger partial charge >= 0.3 is 0 Å². The smallest absolute Gasteiger partial charge is 0.0818 e. The van der Waals surface area contributed by atoms with Crippen molar-refractivity contribution in [3.63, 3.8) is 0 Å². The monoisotopic (exact) mass is 312 g/mol. The molecule has 2 heteroatoms. The van der Waals surface area contributed by atoms with E-state index in [0.29, 0.717) is 0 Å². The Morgan fingerprint density at radius 3 is 2.25 bits per heavy atom. The van der Waals surface area contributed by atoms with E-state index in [1.807, 2.05) is 0 Å². The highest BCUT2D eigenvalue weighted by molar-refractivity contribution is 6.13. The average molecular weight is 312 g/mol. The van der Waals surface area contributed by atoms with E-state index in [1.54, 1.807) is 0 Å². The third kappa shape index (κ3) is 2.88. The zero-order chi connectivity index (χ0) is 16.7. The van der Waals surface area contributed by atoms with E-state index in [-0.39, 0.29) is 0 Å². The molecule has 0 radical (unpaired) electrons.